The van der Waals surface area contributed by atoms with Crippen LogP contribution >= 0.6 is 7.60 Å². The summed E-state index contributed by atoms with van der Waals surface area (Å²) >= 11 is 0. The van der Waals surface area contributed by atoms with Crippen molar-refractivity contribution in [3.8, 4) is 0 Å². The van der Waals surface area contributed by atoms with E-state index in [2.05, 4.69) is 19.9 Å². The first-order valence-electron chi connectivity index (χ1n) is 7.10. The molecule has 1 atom stereocenters. The van der Waals surface area contributed by atoms with Crippen molar-refractivity contribution in [3.05, 3.63) is 34.9 Å². The number of rotatable bonds is 8. The van der Waals surface area contributed by atoms with Gasteiger partial charge in [-0.3, -0.25) is 4.57 Å². The normalized spacial score (nSPS) is 14.3. The van der Waals surface area contributed by atoms with Crippen LogP contribution in [0.1, 0.15) is 50.3 Å². The van der Waals surface area contributed by atoms with E-state index in [1.54, 1.807) is 6.92 Å². The lowest BCUT2D eigenvalue weighted by molar-refractivity contribution is 0.272. The van der Waals surface area contributed by atoms with Gasteiger partial charge in [0.1, 0.15) is 0 Å². The van der Waals surface area contributed by atoms with Gasteiger partial charge in [0.25, 0.3) is 0 Å². The first kappa shape index (κ1) is 16.4. The van der Waals surface area contributed by atoms with Crippen molar-refractivity contribution < 1.29 is 14.0 Å². The molecule has 0 saturated carbocycles. The Kier molecular flexibility index (Phi) is 6.78. The standard InChI is InChI=1S/C15H25O3P/c1-4-8-13-10-7-11-14(15(13)9-5-2)12-19(16,17)18-6-3/h7,10-11H,4-6,8-9,12H2,1-3H3,(H,16,17). The van der Waals surface area contributed by atoms with Crippen molar-refractivity contribution in [3.63, 3.8) is 0 Å². The molecule has 0 aromatic heterocycles. The fraction of sp³-hybridized carbons (Fsp3) is 0.600. The van der Waals surface area contributed by atoms with Gasteiger partial charge in [0, 0.05) is 0 Å². The summed E-state index contributed by atoms with van der Waals surface area (Å²) in [6, 6.07) is 6.05. The van der Waals surface area contributed by atoms with Crippen LogP contribution in [0.5, 0.6) is 0 Å². The highest BCUT2D eigenvalue weighted by Gasteiger charge is 2.21. The van der Waals surface area contributed by atoms with Crippen molar-refractivity contribution in [1.82, 2.24) is 0 Å². The molecule has 4 heteroatoms. The summed E-state index contributed by atoms with van der Waals surface area (Å²) in [5.74, 6) is 0. The maximum absolute atomic E-state index is 11.9. The van der Waals surface area contributed by atoms with Gasteiger partial charge < -0.3 is 9.42 Å². The van der Waals surface area contributed by atoms with E-state index < -0.39 is 7.60 Å². The molecule has 1 unspecified atom stereocenters. The maximum Gasteiger partial charge on any atom is 0.332 e. The van der Waals surface area contributed by atoms with Crippen molar-refractivity contribution >= 4 is 7.60 Å². The van der Waals surface area contributed by atoms with Gasteiger partial charge >= 0.3 is 7.60 Å². The van der Waals surface area contributed by atoms with E-state index in [9.17, 15) is 9.46 Å². The second kappa shape index (κ2) is 7.84. The zero-order chi connectivity index (χ0) is 14.3. The van der Waals surface area contributed by atoms with Gasteiger partial charge in [-0.2, -0.15) is 0 Å². The topological polar surface area (TPSA) is 46.5 Å². The van der Waals surface area contributed by atoms with E-state index in [1.807, 2.05) is 12.1 Å². The molecule has 19 heavy (non-hydrogen) atoms. The number of aryl methyl sites for hydroxylation is 1. The predicted molar refractivity (Wildman–Crippen MR) is 79.6 cm³/mol. The molecule has 1 aromatic rings. The zero-order valence-electron chi connectivity index (χ0n) is 12.2. The molecule has 0 bridgehead atoms. The molecule has 1 N–H and O–H groups in total. The Morgan fingerprint density at radius 3 is 2.32 bits per heavy atom. The first-order chi connectivity index (χ1) is 9.04. The van der Waals surface area contributed by atoms with E-state index in [0.29, 0.717) is 0 Å². The quantitative estimate of drug-likeness (QED) is 0.723. The van der Waals surface area contributed by atoms with Gasteiger partial charge in [-0.25, -0.2) is 0 Å². The molecule has 1 rings (SSSR count). The molecule has 0 fully saturated rings. The van der Waals surface area contributed by atoms with Gasteiger partial charge in [0.15, 0.2) is 0 Å². The zero-order valence-corrected chi connectivity index (χ0v) is 13.1. The minimum Gasteiger partial charge on any atom is -0.324 e. The molecule has 0 aliphatic heterocycles. The van der Waals surface area contributed by atoms with E-state index in [4.69, 9.17) is 4.52 Å². The fourth-order valence-corrected chi connectivity index (χ4v) is 3.59. The summed E-state index contributed by atoms with van der Waals surface area (Å²) in [7, 11) is -3.50. The van der Waals surface area contributed by atoms with Crippen LogP contribution in [0.25, 0.3) is 0 Å². The Bertz CT molecular complexity index is 443. The van der Waals surface area contributed by atoms with Crippen LogP contribution in [0, 0.1) is 0 Å². The van der Waals surface area contributed by atoms with Crippen molar-refractivity contribution in [2.45, 2.75) is 52.6 Å². The third-order valence-electron chi connectivity index (χ3n) is 3.09. The molecular weight excluding hydrogens is 259 g/mol. The third kappa shape index (κ3) is 5.10. The molecule has 0 saturated heterocycles. The summed E-state index contributed by atoms with van der Waals surface area (Å²) in [5.41, 5.74) is 3.51. The highest BCUT2D eigenvalue weighted by Crippen LogP contribution is 2.46. The smallest absolute Gasteiger partial charge is 0.324 e. The monoisotopic (exact) mass is 284 g/mol. The molecule has 3 nitrogen and oxygen atoms in total. The van der Waals surface area contributed by atoms with Crippen LogP contribution in [0.4, 0.5) is 0 Å². The lowest BCUT2D eigenvalue weighted by Gasteiger charge is -2.17. The van der Waals surface area contributed by atoms with Gasteiger partial charge in [-0.15, -0.1) is 0 Å². The highest BCUT2D eigenvalue weighted by molar-refractivity contribution is 7.51. The van der Waals surface area contributed by atoms with Gasteiger partial charge in [-0.1, -0.05) is 44.9 Å². The Morgan fingerprint density at radius 1 is 1.11 bits per heavy atom. The van der Waals surface area contributed by atoms with E-state index in [1.165, 1.54) is 11.1 Å². The molecule has 0 spiro atoms. The number of hydrogen-bond donors (Lipinski definition) is 1. The minimum atomic E-state index is -3.50. The molecule has 108 valence electrons. The minimum absolute atomic E-state index is 0.119. The maximum atomic E-state index is 11.9. The molecule has 0 radical (unpaired) electrons. The van der Waals surface area contributed by atoms with E-state index in [-0.39, 0.29) is 12.8 Å². The van der Waals surface area contributed by atoms with Crippen molar-refractivity contribution in [2.24, 2.45) is 0 Å². The summed E-state index contributed by atoms with van der Waals surface area (Å²) in [4.78, 5) is 9.81. The Labute approximate surface area is 116 Å². The predicted octanol–water partition coefficient (Wildman–Crippen LogP) is 4.31. The van der Waals surface area contributed by atoms with Gasteiger partial charge in [0.05, 0.1) is 12.8 Å². The Balaban J connectivity index is 3.05. The van der Waals surface area contributed by atoms with Crippen LogP contribution in [0.15, 0.2) is 18.2 Å². The molecule has 0 aliphatic rings. The molecule has 1 aromatic carbocycles. The summed E-state index contributed by atoms with van der Waals surface area (Å²) in [6.45, 7) is 6.29. The van der Waals surface area contributed by atoms with Crippen LogP contribution in [-0.2, 0) is 28.1 Å². The van der Waals surface area contributed by atoms with Crippen LogP contribution in [0.3, 0.4) is 0 Å². The number of benzene rings is 1. The Hall–Kier alpha value is -0.630. The van der Waals surface area contributed by atoms with Crippen LogP contribution in [-0.4, -0.2) is 11.5 Å². The summed E-state index contributed by atoms with van der Waals surface area (Å²) in [6.07, 6.45) is 4.22. The Morgan fingerprint density at radius 2 is 1.74 bits per heavy atom. The van der Waals surface area contributed by atoms with E-state index in [0.717, 1.165) is 31.2 Å². The fourth-order valence-electron chi connectivity index (χ4n) is 2.37. The van der Waals surface area contributed by atoms with Crippen LogP contribution in [0.2, 0.25) is 0 Å². The molecular formula is C15H25O3P. The average Bonchev–Trinajstić information content (AvgIpc) is 2.33. The average molecular weight is 284 g/mol. The molecule has 0 heterocycles. The van der Waals surface area contributed by atoms with Crippen molar-refractivity contribution in [1.29, 1.82) is 0 Å². The lowest BCUT2D eigenvalue weighted by atomic mass is 9.95. The second-order valence-electron chi connectivity index (χ2n) is 4.77. The molecule has 0 amide bonds. The SMILES string of the molecule is CCCc1cccc(CP(=O)(O)OCC)c1CCC. The van der Waals surface area contributed by atoms with Crippen molar-refractivity contribution in [2.75, 3.05) is 6.61 Å². The first-order valence-corrected chi connectivity index (χ1v) is 8.86. The van der Waals surface area contributed by atoms with E-state index >= 15 is 0 Å². The molecule has 0 aliphatic carbocycles. The highest BCUT2D eigenvalue weighted by atomic mass is 31.2. The lowest BCUT2D eigenvalue weighted by Crippen LogP contribution is -2.02. The second-order valence-corrected chi connectivity index (χ2v) is 6.62. The summed E-state index contributed by atoms with van der Waals surface area (Å²) in [5, 5.41) is 0. The number of hydrogen-bond acceptors (Lipinski definition) is 2. The third-order valence-corrected chi connectivity index (χ3v) is 4.49. The van der Waals surface area contributed by atoms with Gasteiger partial charge in [-0.05, 0) is 36.5 Å². The largest absolute Gasteiger partial charge is 0.332 e. The van der Waals surface area contributed by atoms with Crippen LogP contribution < -0.4 is 0 Å². The summed E-state index contributed by atoms with van der Waals surface area (Å²) < 4.78 is 16.9. The van der Waals surface area contributed by atoms with Gasteiger partial charge in [0.2, 0.25) is 0 Å².